The SMILES string of the molecule is CC(C)=CCCC(C)=CCCC1=CC[C@](C)(C(=O)OCCO)C(C)(C)C1. The van der Waals surface area contributed by atoms with Gasteiger partial charge in [0.15, 0.2) is 0 Å². The molecular weight excluding hydrogens is 324 g/mol. The van der Waals surface area contributed by atoms with Gasteiger partial charge in [-0.15, -0.1) is 0 Å². The van der Waals surface area contributed by atoms with E-state index in [9.17, 15) is 4.79 Å². The maximum atomic E-state index is 12.5. The third-order valence-corrected chi connectivity index (χ3v) is 5.79. The Kier molecular flexibility index (Phi) is 8.82. The zero-order valence-electron chi connectivity index (χ0n) is 17.7. The van der Waals surface area contributed by atoms with Crippen LogP contribution in [0, 0.1) is 10.8 Å². The van der Waals surface area contributed by atoms with Gasteiger partial charge in [-0.25, -0.2) is 0 Å². The highest BCUT2D eigenvalue weighted by Crippen LogP contribution is 2.51. The second-order valence-electron chi connectivity index (χ2n) is 8.73. The highest BCUT2D eigenvalue weighted by Gasteiger charge is 2.49. The maximum absolute atomic E-state index is 12.5. The molecule has 0 fully saturated rings. The lowest BCUT2D eigenvalue weighted by Gasteiger charge is -2.45. The third-order valence-electron chi connectivity index (χ3n) is 5.79. The van der Waals surface area contributed by atoms with Crippen molar-refractivity contribution in [3.05, 3.63) is 34.9 Å². The van der Waals surface area contributed by atoms with Crippen LogP contribution in [0.25, 0.3) is 0 Å². The van der Waals surface area contributed by atoms with Crippen LogP contribution in [-0.2, 0) is 9.53 Å². The smallest absolute Gasteiger partial charge is 0.312 e. The molecule has 3 heteroatoms. The number of rotatable bonds is 9. The van der Waals surface area contributed by atoms with Crippen LogP contribution >= 0.6 is 0 Å². The molecule has 0 saturated heterocycles. The van der Waals surface area contributed by atoms with Crippen molar-refractivity contribution in [1.29, 1.82) is 0 Å². The molecular formula is C23H38O3. The van der Waals surface area contributed by atoms with E-state index in [1.54, 1.807) is 0 Å². The summed E-state index contributed by atoms with van der Waals surface area (Å²) in [6, 6.07) is 0. The molecule has 0 bridgehead atoms. The molecule has 0 amide bonds. The molecule has 26 heavy (non-hydrogen) atoms. The molecule has 0 unspecified atom stereocenters. The predicted molar refractivity (Wildman–Crippen MR) is 109 cm³/mol. The van der Waals surface area contributed by atoms with Crippen LogP contribution in [0.5, 0.6) is 0 Å². The monoisotopic (exact) mass is 362 g/mol. The number of carbonyl (C=O) groups is 1. The Morgan fingerprint density at radius 2 is 1.88 bits per heavy atom. The van der Waals surface area contributed by atoms with Gasteiger partial charge in [0.2, 0.25) is 0 Å². The van der Waals surface area contributed by atoms with E-state index in [2.05, 4.69) is 52.8 Å². The van der Waals surface area contributed by atoms with E-state index in [1.165, 1.54) is 16.7 Å². The predicted octanol–water partition coefficient (Wildman–Crippen LogP) is 5.75. The van der Waals surface area contributed by atoms with E-state index in [1.807, 2.05) is 6.92 Å². The minimum absolute atomic E-state index is 0.0812. The van der Waals surface area contributed by atoms with Gasteiger partial charge >= 0.3 is 5.97 Å². The highest BCUT2D eigenvalue weighted by atomic mass is 16.5. The number of allylic oxidation sites excluding steroid dienone is 6. The molecule has 0 radical (unpaired) electrons. The minimum Gasteiger partial charge on any atom is -0.463 e. The van der Waals surface area contributed by atoms with Crippen LogP contribution < -0.4 is 0 Å². The van der Waals surface area contributed by atoms with Gasteiger partial charge in [-0.1, -0.05) is 48.8 Å². The van der Waals surface area contributed by atoms with Crippen LogP contribution in [0.4, 0.5) is 0 Å². The molecule has 1 aliphatic carbocycles. The Morgan fingerprint density at radius 3 is 2.46 bits per heavy atom. The average Bonchev–Trinajstić information content (AvgIpc) is 2.55. The van der Waals surface area contributed by atoms with Crippen molar-refractivity contribution in [2.24, 2.45) is 10.8 Å². The molecule has 0 aliphatic heterocycles. The molecule has 0 heterocycles. The van der Waals surface area contributed by atoms with Crippen molar-refractivity contribution in [1.82, 2.24) is 0 Å². The molecule has 0 spiro atoms. The fraction of sp³-hybridized carbons (Fsp3) is 0.696. The summed E-state index contributed by atoms with van der Waals surface area (Å²) < 4.78 is 5.24. The van der Waals surface area contributed by atoms with Gasteiger partial charge in [0.1, 0.15) is 6.61 Å². The summed E-state index contributed by atoms with van der Waals surface area (Å²) in [5.74, 6) is -0.193. The number of ether oxygens (including phenoxy) is 1. The zero-order valence-corrected chi connectivity index (χ0v) is 17.7. The fourth-order valence-corrected chi connectivity index (χ4v) is 3.50. The molecule has 1 rings (SSSR count). The first-order chi connectivity index (χ1) is 12.1. The van der Waals surface area contributed by atoms with Crippen LogP contribution in [0.3, 0.4) is 0 Å². The molecule has 3 nitrogen and oxygen atoms in total. The van der Waals surface area contributed by atoms with E-state index in [-0.39, 0.29) is 24.6 Å². The molecule has 0 aromatic heterocycles. The van der Waals surface area contributed by atoms with E-state index in [0.29, 0.717) is 6.42 Å². The van der Waals surface area contributed by atoms with Gasteiger partial charge in [0, 0.05) is 0 Å². The molecule has 1 atom stereocenters. The van der Waals surface area contributed by atoms with Crippen molar-refractivity contribution in [3.8, 4) is 0 Å². The Bertz CT molecular complexity index is 562. The van der Waals surface area contributed by atoms with Crippen LogP contribution in [0.15, 0.2) is 34.9 Å². The zero-order chi connectivity index (χ0) is 19.8. The van der Waals surface area contributed by atoms with Gasteiger partial charge in [-0.2, -0.15) is 0 Å². The van der Waals surface area contributed by atoms with Crippen LogP contribution in [0.1, 0.15) is 80.1 Å². The Balaban J connectivity index is 2.61. The lowest BCUT2D eigenvalue weighted by atomic mass is 9.59. The summed E-state index contributed by atoms with van der Waals surface area (Å²) >= 11 is 0. The largest absolute Gasteiger partial charge is 0.463 e. The number of hydrogen-bond acceptors (Lipinski definition) is 3. The number of esters is 1. The van der Waals surface area contributed by atoms with Crippen LogP contribution in [0.2, 0.25) is 0 Å². The molecule has 0 saturated carbocycles. The summed E-state index contributed by atoms with van der Waals surface area (Å²) in [5.41, 5.74) is 3.60. The summed E-state index contributed by atoms with van der Waals surface area (Å²) in [5, 5.41) is 8.89. The first-order valence-electron chi connectivity index (χ1n) is 9.87. The van der Waals surface area contributed by atoms with Crippen molar-refractivity contribution in [2.75, 3.05) is 13.2 Å². The summed E-state index contributed by atoms with van der Waals surface area (Å²) in [4.78, 5) is 12.5. The second kappa shape index (κ2) is 10.1. The normalized spacial score (nSPS) is 22.6. The lowest BCUT2D eigenvalue weighted by molar-refractivity contribution is -0.164. The number of aliphatic hydroxyl groups is 1. The second-order valence-corrected chi connectivity index (χ2v) is 8.73. The van der Waals surface area contributed by atoms with Crippen molar-refractivity contribution >= 4 is 5.97 Å². The lowest BCUT2D eigenvalue weighted by Crippen LogP contribution is -2.45. The third kappa shape index (κ3) is 6.42. The summed E-state index contributed by atoms with van der Waals surface area (Å²) in [6.45, 7) is 12.8. The first kappa shape index (κ1) is 22.7. The van der Waals surface area contributed by atoms with E-state index >= 15 is 0 Å². The molecule has 148 valence electrons. The van der Waals surface area contributed by atoms with Gasteiger partial charge in [0.05, 0.1) is 12.0 Å². The number of hydrogen-bond donors (Lipinski definition) is 1. The van der Waals surface area contributed by atoms with Crippen molar-refractivity contribution in [2.45, 2.75) is 80.1 Å². The van der Waals surface area contributed by atoms with Gasteiger partial charge in [-0.05, 0) is 71.6 Å². The highest BCUT2D eigenvalue weighted by molar-refractivity contribution is 5.78. The summed E-state index contributed by atoms with van der Waals surface area (Å²) in [6.07, 6.45) is 12.9. The molecule has 1 aliphatic rings. The van der Waals surface area contributed by atoms with Crippen molar-refractivity contribution < 1.29 is 14.6 Å². The number of carbonyl (C=O) groups excluding carboxylic acids is 1. The topological polar surface area (TPSA) is 46.5 Å². The standard InChI is InChI=1S/C23H38O3/c1-18(2)9-7-10-19(3)11-8-12-20-13-14-23(6,22(4,5)17-20)21(25)26-16-15-24/h9,11,13,24H,7-8,10,12,14-17H2,1-6H3/t23-/m1/s1. The van der Waals surface area contributed by atoms with E-state index < -0.39 is 5.41 Å². The van der Waals surface area contributed by atoms with Gasteiger partial charge < -0.3 is 9.84 Å². The summed E-state index contributed by atoms with van der Waals surface area (Å²) in [7, 11) is 0. The van der Waals surface area contributed by atoms with E-state index in [4.69, 9.17) is 9.84 Å². The molecule has 0 aromatic carbocycles. The van der Waals surface area contributed by atoms with Gasteiger partial charge in [0.25, 0.3) is 0 Å². The molecule has 0 aromatic rings. The Labute approximate surface area is 160 Å². The van der Waals surface area contributed by atoms with Crippen LogP contribution in [-0.4, -0.2) is 24.3 Å². The van der Waals surface area contributed by atoms with E-state index in [0.717, 1.165) is 32.1 Å². The Hall–Kier alpha value is -1.35. The average molecular weight is 363 g/mol. The maximum Gasteiger partial charge on any atom is 0.312 e. The van der Waals surface area contributed by atoms with Gasteiger partial charge in [-0.3, -0.25) is 4.79 Å². The quantitative estimate of drug-likeness (QED) is 0.420. The van der Waals surface area contributed by atoms with Crippen molar-refractivity contribution in [3.63, 3.8) is 0 Å². The number of aliphatic hydroxyl groups excluding tert-OH is 1. The minimum atomic E-state index is -0.526. The fourth-order valence-electron chi connectivity index (χ4n) is 3.50. The Morgan fingerprint density at radius 1 is 1.19 bits per heavy atom. The molecule has 1 N–H and O–H groups in total. The first-order valence-corrected chi connectivity index (χ1v) is 9.87.